The van der Waals surface area contributed by atoms with Crippen LogP contribution in [0.2, 0.25) is 0 Å². The zero-order chi connectivity index (χ0) is 17.0. The van der Waals surface area contributed by atoms with Crippen LogP contribution in [0, 0.1) is 0 Å². The summed E-state index contributed by atoms with van der Waals surface area (Å²) in [5.74, 6) is -0.895. The molecule has 0 fully saturated rings. The third kappa shape index (κ3) is 10.8. The third-order valence-corrected chi connectivity index (χ3v) is 4.55. The molecule has 0 rings (SSSR count). The van der Waals surface area contributed by atoms with Crippen molar-refractivity contribution in [2.45, 2.75) is 76.9 Å². The van der Waals surface area contributed by atoms with Gasteiger partial charge in [-0.15, -0.1) is 0 Å². The lowest BCUT2D eigenvalue weighted by molar-refractivity contribution is -0.142. The Bertz CT molecular complexity index is 428. The molecule has 0 aromatic rings. The molecule has 1 N–H and O–H groups in total. The Morgan fingerprint density at radius 2 is 1.59 bits per heavy atom. The maximum Gasteiger partial charge on any atom is 0.327 e. The Morgan fingerprint density at radius 1 is 1.09 bits per heavy atom. The Balaban J connectivity index is 4.07. The molecule has 6 heteroatoms. The summed E-state index contributed by atoms with van der Waals surface area (Å²) in [6.07, 6.45) is 8.56. The van der Waals surface area contributed by atoms with E-state index in [4.69, 9.17) is 9.29 Å². The summed E-state index contributed by atoms with van der Waals surface area (Å²) in [5.41, 5.74) is 0.620. The van der Waals surface area contributed by atoms with Crippen molar-refractivity contribution in [1.82, 2.24) is 0 Å². The van der Waals surface area contributed by atoms with Crippen molar-refractivity contribution in [2.24, 2.45) is 0 Å². The van der Waals surface area contributed by atoms with E-state index in [0.717, 1.165) is 19.3 Å². The van der Waals surface area contributed by atoms with Crippen LogP contribution >= 0.6 is 0 Å². The van der Waals surface area contributed by atoms with Gasteiger partial charge in [0, 0.05) is 0 Å². The zero-order valence-corrected chi connectivity index (χ0v) is 14.7. The Labute approximate surface area is 134 Å². The molecular weight excluding hydrogens is 304 g/mol. The monoisotopic (exact) mass is 334 g/mol. The van der Waals surface area contributed by atoms with Crippen LogP contribution < -0.4 is 0 Å². The molecule has 0 aromatic carbocycles. The van der Waals surface area contributed by atoms with Gasteiger partial charge in [-0.3, -0.25) is 9.35 Å². The highest BCUT2D eigenvalue weighted by Crippen LogP contribution is 2.15. The largest absolute Gasteiger partial charge is 0.460 e. The number of esters is 1. The van der Waals surface area contributed by atoms with Crippen LogP contribution in [0.1, 0.15) is 71.6 Å². The summed E-state index contributed by atoms with van der Waals surface area (Å²) in [4.78, 5) is 11.7. The predicted octanol–water partition coefficient (Wildman–Crippen LogP) is 3.89. The maximum absolute atomic E-state index is 11.7. The molecule has 0 aliphatic carbocycles. The molecule has 0 aromatic heterocycles. The number of ether oxygens (including phenoxy) is 1. The average Bonchev–Trinajstić information content (AvgIpc) is 2.41. The van der Waals surface area contributed by atoms with Gasteiger partial charge in [0.1, 0.15) is 6.61 Å². The molecule has 0 aliphatic rings. The lowest BCUT2D eigenvalue weighted by Gasteiger charge is -2.13. The van der Waals surface area contributed by atoms with E-state index >= 15 is 0 Å². The molecule has 1 unspecified atom stereocenters. The first-order chi connectivity index (χ1) is 10.3. The van der Waals surface area contributed by atoms with Crippen molar-refractivity contribution >= 4 is 16.1 Å². The minimum absolute atomic E-state index is 0.0255. The van der Waals surface area contributed by atoms with Gasteiger partial charge >= 0.3 is 5.97 Å². The minimum Gasteiger partial charge on any atom is -0.460 e. The molecule has 0 aliphatic heterocycles. The van der Waals surface area contributed by atoms with Crippen LogP contribution in [0.4, 0.5) is 0 Å². The average molecular weight is 334 g/mol. The van der Waals surface area contributed by atoms with Crippen molar-refractivity contribution in [3.63, 3.8) is 0 Å². The minimum atomic E-state index is -4.42. The quantitative estimate of drug-likeness (QED) is 0.239. The molecule has 0 saturated heterocycles. The van der Waals surface area contributed by atoms with Gasteiger partial charge in [0.25, 0.3) is 10.1 Å². The SMILES string of the molecule is C=C(C)COC(=O)C(CCCCCCCCCC)S(=O)(=O)O. The van der Waals surface area contributed by atoms with E-state index in [1.807, 2.05) is 0 Å². The highest BCUT2D eigenvalue weighted by Gasteiger charge is 2.31. The molecule has 0 spiro atoms. The van der Waals surface area contributed by atoms with E-state index in [0.29, 0.717) is 12.0 Å². The first-order valence-electron chi connectivity index (χ1n) is 8.06. The molecule has 0 heterocycles. The van der Waals surface area contributed by atoms with E-state index < -0.39 is 21.3 Å². The topological polar surface area (TPSA) is 80.7 Å². The number of hydrogen-bond donors (Lipinski definition) is 1. The van der Waals surface area contributed by atoms with Crippen molar-refractivity contribution < 1.29 is 22.5 Å². The van der Waals surface area contributed by atoms with E-state index in [-0.39, 0.29) is 13.0 Å². The second-order valence-electron chi connectivity index (χ2n) is 5.83. The number of unbranched alkanes of at least 4 members (excludes halogenated alkanes) is 7. The van der Waals surface area contributed by atoms with Crippen molar-refractivity contribution in [3.8, 4) is 0 Å². The Kier molecular flexibility index (Phi) is 11.2. The summed E-state index contributed by atoms with van der Waals surface area (Å²) in [6.45, 7) is 7.39. The molecule has 0 radical (unpaired) electrons. The van der Waals surface area contributed by atoms with E-state index in [1.165, 1.54) is 25.7 Å². The zero-order valence-electron chi connectivity index (χ0n) is 13.8. The number of carbonyl (C=O) groups excluding carboxylic acids is 1. The molecule has 1 atom stereocenters. The molecular formula is C16H30O5S. The van der Waals surface area contributed by atoms with Crippen molar-refractivity contribution in [1.29, 1.82) is 0 Å². The number of rotatable bonds is 13. The van der Waals surface area contributed by atoms with Crippen LogP contribution in [0.3, 0.4) is 0 Å². The summed E-state index contributed by atoms with van der Waals surface area (Å²) in [5, 5.41) is -1.48. The fourth-order valence-corrected chi connectivity index (χ4v) is 2.92. The van der Waals surface area contributed by atoms with E-state index in [9.17, 15) is 13.2 Å². The first kappa shape index (κ1) is 21.1. The van der Waals surface area contributed by atoms with Crippen molar-refractivity contribution in [3.05, 3.63) is 12.2 Å². The second kappa shape index (κ2) is 11.7. The Hall–Kier alpha value is -0.880. The first-order valence-corrected chi connectivity index (χ1v) is 9.56. The third-order valence-electron chi connectivity index (χ3n) is 3.40. The van der Waals surface area contributed by atoms with Crippen LogP contribution in [0.5, 0.6) is 0 Å². The molecule has 130 valence electrons. The van der Waals surface area contributed by atoms with E-state index in [1.54, 1.807) is 6.92 Å². The fraction of sp³-hybridized carbons (Fsp3) is 0.812. The smallest absolute Gasteiger partial charge is 0.327 e. The van der Waals surface area contributed by atoms with Crippen LogP contribution in [0.25, 0.3) is 0 Å². The second-order valence-corrected chi connectivity index (χ2v) is 7.43. The molecule has 0 saturated carbocycles. The highest BCUT2D eigenvalue weighted by molar-refractivity contribution is 7.87. The van der Waals surface area contributed by atoms with Gasteiger partial charge in [0.2, 0.25) is 0 Å². The summed E-state index contributed by atoms with van der Waals surface area (Å²) < 4.78 is 36.6. The maximum atomic E-state index is 11.7. The van der Waals surface area contributed by atoms with Gasteiger partial charge in [-0.2, -0.15) is 8.42 Å². The van der Waals surface area contributed by atoms with Gasteiger partial charge in [0.05, 0.1) is 0 Å². The van der Waals surface area contributed by atoms with Crippen LogP contribution in [-0.4, -0.2) is 30.8 Å². The number of carbonyl (C=O) groups is 1. The van der Waals surface area contributed by atoms with Crippen molar-refractivity contribution in [2.75, 3.05) is 6.61 Å². The Morgan fingerprint density at radius 3 is 2.05 bits per heavy atom. The van der Waals surface area contributed by atoms with Gasteiger partial charge < -0.3 is 4.74 Å². The summed E-state index contributed by atoms with van der Waals surface area (Å²) in [6, 6.07) is 0. The van der Waals surface area contributed by atoms with Crippen LogP contribution in [-0.2, 0) is 19.6 Å². The predicted molar refractivity (Wildman–Crippen MR) is 88.3 cm³/mol. The normalized spacial score (nSPS) is 12.9. The highest BCUT2D eigenvalue weighted by atomic mass is 32.2. The fourth-order valence-electron chi connectivity index (χ4n) is 2.14. The van der Waals surface area contributed by atoms with Gasteiger partial charge in [0.15, 0.2) is 5.25 Å². The summed E-state index contributed by atoms with van der Waals surface area (Å²) >= 11 is 0. The molecule has 22 heavy (non-hydrogen) atoms. The summed E-state index contributed by atoms with van der Waals surface area (Å²) in [7, 11) is -4.42. The molecule has 0 bridgehead atoms. The van der Waals surface area contributed by atoms with Gasteiger partial charge in [-0.05, 0) is 18.9 Å². The lowest BCUT2D eigenvalue weighted by Crippen LogP contribution is -2.32. The van der Waals surface area contributed by atoms with E-state index in [2.05, 4.69) is 13.5 Å². The van der Waals surface area contributed by atoms with Gasteiger partial charge in [-0.25, -0.2) is 0 Å². The molecule has 5 nitrogen and oxygen atoms in total. The number of hydrogen-bond acceptors (Lipinski definition) is 4. The lowest BCUT2D eigenvalue weighted by atomic mass is 10.1. The van der Waals surface area contributed by atoms with Gasteiger partial charge in [-0.1, -0.05) is 64.9 Å². The van der Waals surface area contributed by atoms with Crippen LogP contribution in [0.15, 0.2) is 12.2 Å². The molecule has 0 amide bonds. The standard InChI is InChI=1S/C16H30O5S/c1-4-5-6-7-8-9-10-11-12-15(22(18,19)20)16(17)21-13-14(2)3/h15H,2,4-13H2,1,3H3,(H,18,19,20).